The lowest BCUT2D eigenvalue weighted by Crippen LogP contribution is -2.37. The van der Waals surface area contributed by atoms with Crippen molar-refractivity contribution >= 4 is 44.5 Å². The van der Waals surface area contributed by atoms with Crippen LogP contribution in [0.1, 0.15) is 78.9 Å². The molecule has 0 fully saturated rings. The second kappa shape index (κ2) is 17.6. The van der Waals surface area contributed by atoms with E-state index in [1.54, 1.807) is 31.5 Å². The average Bonchev–Trinajstić information content (AvgIpc) is 3.67. The molecule has 2 amide bonds. The highest BCUT2D eigenvalue weighted by Crippen LogP contribution is 2.28. The number of hydrogen-bond donors (Lipinski definition) is 4. The van der Waals surface area contributed by atoms with Crippen molar-refractivity contribution in [1.82, 2.24) is 20.0 Å². The van der Waals surface area contributed by atoms with Crippen molar-refractivity contribution in [2.75, 3.05) is 13.4 Å². The molecule has 4 aromatic rings. The Morgan fingerprint density at radius 3 is 2.37 bits per heavy atom. The maximum atomic E-state index is 13.4. The van der Waals surface area contributed by atoms with E-state index in [0.29, 0.717) is 42.1 Å². The number of imidazole rings is 1. The number of aliphatic carboxylic acids is 1. The second-order valence-corrected chi connectivity index (χ2v) is 13.5. The predicted molar refractivity (Wildman–Crippen MR) is 179 cm³/mol. The first-order valence-corrected chi connectivity index (χ1v) is 17.8. The molecule has 51 heavy (non-hydrogen) atoms. The lowest BCUT2D eigenvalue weighted by Gasteiger charge is -2.14. The fraction of sp³-hybridized carbons (Fsp3) is 0.382. The number of ether oxygens (including phenoxy) is 1. The zero-order valence-electron chi connectivity index (χ0n) is 28.5. The van der Waals surface area contributed by atoms with Gasteiger partial charge in [0.15, 0.2) is 5.69 Å². The van der Waals surface area contributed by atoms with Gasteiger partial charge in [-0.3, -0.25) is 14.4 Å². The number of halogens is 3. The summed E-state index contributed by atoms with van der Waals surface area (Å²) in [6.45, 7) is 3.81. The summed E-state index contributed by atoms with van der Waals surface area (Å²) in [5.41, 5.74) is 4.27. The van der Waals surface area contributed by atoms with Crippen LogP contribution in [0.5, 0.6) is 5.75 Å². The molecule has 5 N–H and O–H groups in total. The van der Waals surface area contributed by atoms with E-state index in [0.717, 1.165) is 47.7 Å². The highest BCUT2D eigenvalue weighted by molar-refractivity contribution is 7.89. The van der Waals surface area contributed by atoms with Gasteiger partial charge < -0.3 is 24.9 Å². The van der Waals surface area contributed by atoms with E-state index in [4.69, 9.17) is 14.6 Å². The van der Waals surface area contributed by atoms with E-state index in [1.807, 2.05) is 36.8 Å². The molecule has 0 aliphatic rings. The fourth-order valence-corrected chi connectivity index (χ4v) is 5.66. The smallest absolute Gasteiger partial charge is 0.430 e. The number of aryl methyl sites for hydroxylation is 1. The zero-order chi connectivity index (χ0) is 37.9. The van der Waals surface area contributed by atoms with Crippen LogP contribution in [0, 0.1) is 6.92 Å². The number of hydrogen-bond acceptors (Lipinski definition) is 8. The van der Waals surface area contributed by atoms with Crippen LogP contribution >= 0.6 is 0 Å². The molecule has 2 aromatic heterocycles. The molecule has 0 aliphatic carbocycles. The Kier molecular flexibility index (Phi) is 13.9. The molecular weight excluding hydrogens is 695 g/mol. The topological polar surface area (TPSA) is 204 Å². The van der Waals surface area contributed by atoms with Crippen molar-refractivity contribution < 1.29 is 55.6 Å². The van der Waals surface area contributed by atoms with Crippen molar-refractivity contribution in [3.8, 4) is 17.0 Å². The molecule has 13 nitrogen and oxygen atoms in total. The first-order valence-electron chi connectivity index (χ1n) is 15.9. The number of carbonyl (C=O) groups is 4. The standard InChI is InChI=1S/C32H39N5O6S.C2HF3O2/c1-5-23(38)12-7-6-8-13-28(35-30(39)18-25-20(2)34-27-15-14-24(43-3)17-26(25)27)31-33-19-29(36-31)21-10-9-11-22(16-21)32(40)37-44(4,41)42;3-2(4,5)1(6)7/h9-11,14-17,19,28,34H,5-8,12-13,18H2,1-4H3,(H,33,36)(H,35,39)(H,37,40);(H,6,7)/t28-;/m0./s1. The van der Waals surface area contributed by atoms with E-state index in [2.05, 4.69) is 20.3 Å². The fourth-order valence-electron chi connectivity index (χ4n) is 5.20. The number of H-pyrrole nitrogens is 3. The molecule has 17 heteroatoms. The molecule has 1 atom stereocenters. The van der Waals surface area contributed by atoms with E-state index >= 15 is 0 Å². The summed E-state index contributed by atoms with van der Waals surface area (Å²) in [6.07, 6.45) is 1.83. The summed E-state index contributed by atoms with van der Waals surface area (Å²) < 4.78 is 62.0. The van der Waals surface area contributed by atoms with Crippen molar-refractivity contribution in [2.45, 2.75) is 71.0 Å². The number of methoxy groups -OCH3 is 1. The lowest BCUT2D eigenvalue weighted by molar-refractivity contribution is -0.391. The molecule has 0 bridgehead atoms. The first-order chi connectivity index (χ1) is 23.9. The Balaban J connectivity index is 0.000000908. The number of sulfonamides is 1. The summed E-state index contributed by atoms with van der Waals surface area (Å²) in [5.74, 6) is -2.23. The molecule has 0 aliphatic heterocycles. The van der Waals surface area contributed by atoms with E-state index in [-0.39, 0.29) is 29.7 Å². The minimum Gasteiger partial charge on any atom is -0.542 e. The quantitative estimate of drug-likeness (QED) is 0.133. The summed E-state index contributed by atoms with van der Waals surface area (Å²) in [7, 11) is -2.10. The molecule has 0 spiro atoms. The molecule has 0 unspecified atom stereocenters. The Hall–Kier alpha value is -5.19. The van der Waals surface area contributed by atoms with Crippen LogP contribution in [0.25, 0.3) is 22.2 Å². The largest absolute Gasteiger partial charge is 0.542 e. The number of alkyl halides is 3. The van der Waals surface area contributed by atoms with Gasteiger partial charge in [0.2, 0.25) is 15.9 Å². The normalized spacial score (nSPS) is 12.1. The molecule has 2 aromatic carbocycles. The summed E-state index contributed by atoms with van der Waals surface area (Å²) >= 11 is 0. The number of fused-ring (bicyclic) bond motifs is 1. The number of aromatic amines is 3. The minimum atomic E-state index is -5.19. The Morgan fingerprint density at radius 1 is 1.04 bits per heavy atom. The van der Waals surface area contributed by atoms with Gasteiger partial charge in [-0.1, -0.05) is 31.9 Å². The van der Waals surface area contributed by atoms with Gasteiger partial charge in [0.1, 0.15) is 29.7 Å². The van der Waals surface area contributed by atoms with Crippen molar-refractivity contribution in [3.05, 3.63) is 71.3 Å². The Morgan fingerprint density at radius 2 is 1.75 bits per heavy atom. The molecular formula is C34H40F3N5O8S. The number of carbonyl (C=O) groups excluding carboxylic acids is 4. The number of nitrogens with one attached hydrogen (secondary N) is 5. The molecule has 276 valence electrons. The number of rotatable bonds is 15. The third kappa shape index (κ3) is 12.3. The van der Waals surface area contributed by atoms with E-state index in [1.165, 1.54) is 6.07 Å². The summed E-state index contributed by atoms with van der Waals surface area (Å²) in [5, 5.41) is 12.9. The van der Waals surface area contributed by atoms with Crippen molar-refractivity contribution in [2.24, 2.45) is 0 Å². The highest BCUT2D eigenvalue weighted by Gasteiger charge is 2.29. The molecule has 2 heterocycles. The second-order valence-electron chi connectivity index (χ2n) is 11.7. The third-order valence-electron chi connectivity index (χ3n) is 7.78. The van der Waals surface area contributed by atoms with Crippen molar-refractivity contribution in [1.29, 1.82) is 0 Å². The van der Waals surface area contributed by atoms with Crippen LogP contribution in [-0.2, 0) is 30.8 Å². The monoisotopic (exact) mass is 735 g/mol. The zero-order valence-corrected chi connectivity index (χ0v) is 29.3. The lowest BCUT2D eigenvalue weighted by atomic mass is 10.0. The van der Waals surface area contributed by atoms with Crippen LogP contribution in [-0.4, -0.2) is 61.5 Å². The van der Waals surface area contributed by atoms with E-state index < -0.39 is 28.1 Å². The van der Waals surface area contributed by atoms with Gasteiger partial charge in [0.25, 0.3) is 11.7 Å². The minimum absolute atomic E-state index is 0.146. The van der Waals surface area contributed by atoms with Gasteiger partial charge in [0.05, 0.1) is 19.8 Å². The predicted octanol–water partition coefficient (Wildman–Crippen LogP) is 3.61. The highest BCUT2D eigenvalue weighted by atomic mass is 32.2. The number of aromatic nitrogens is 3. The summed E-state index contributed by atoms with van der Waals surface area (Å²) in [4.78, 5) is 56.3. The molecule has 4 rings (SSSR count). The van der Waals surface area contributed by atoms with Crippen molar-refractivity contribution in [3.63, 3.8) is 0 Å². The maximum absolute atomic E-state index is 13.4. The van der Waals surface area contributed by atoms with Gasteiger partial charge in [-0.2, -0.15) is 13.2 Å². The molecule has 0 saturated heterocycles. The molecule has 0 saturated carbocycles. The first kappa shape index (κ1) is 40.2. The number of ketones is 1. The number of carboxylic acid groups (broad SMARTS) is 1. The van der Waals surface area contributed by atoms with Gasteiger partial charge in [-0.05, 0) is 55.7 Å². The van der Waals surface area contributed by atoms with Gasteiger partial charge in [-0.25, -0.2) is 23.1 Å². The van der Waals surface area contributed by atoms with Crippen LogP contribution < -0.4 is 24.9 Å². The number of amides is 2. The van der Waals surface area contributed by atoms with Gasteiger partial charge in [-0.15, -0.1) is 0 Å². The molecule has 0 radical (unpaired) electrons. The summed E-state index contributed by atoms with van der Waals surface area (Å²) in [6, 6.07) is 12.0. The average molecular weight is 736 g/mol. The van der Waals surface area contributed by atoms with Crippen LogP contribution in [0.2, 0.25) is 0 Å². The van der Waals surface area contributed by atoms with Gasteiger partial charge >= 0.3 is 6.18 Å². The van der Waals surface area contributed by atoms with E-state index in [9.17, 15) is 36.0 Å². The number of benzene rings is 2. The van der Waals surface area contributed by atoms with Crippen LogP contribution in [0.3, 0.4) is 0 Å². The third-order valence-corrected chi connectivity index (χ3v) is 8.33. The SMILES string of the molecule is CCC(=O)CCCCC[C@H](NC(=O)Cc1c(C)[nH]c2ccc(OC)cc12)c1[nH]c(-c2cccc(C(=O)NS(C)(=O)=O)c2)c[nH+]1.O=C([O-])C(F)(F)F. The Bertz CT molecular complexity index is 1970. The van der Waals surface area contributed by atoms with Crippen LogP contribution in [0.4, 0.5) is 13.2 Å². The number of Topliss-reactive ketones (excluding diaryl/α,β-unsaturated/α-hetero) is 1. The Labute approximate surface area is 292 Å². The van der Waals surface area contributed by atoms with Gasteiger partial charge in [0, 0.05) is 40.6 Å². The van der Waals surface area contributed by atoms with Crippen LogP contribution in [0.15, 0.2) is 48.7 Å². The number of unbranched alkanes of at least 4 members (excludes halogenated alkanes) is 2. The number of carboxylic acids is 1. The maximum Gasteiger partial charge on any atom is 0.430 e.